The van der Waals surface area contributed by atoms with Crippen molar-refractivity contribution < 1.29 is 0 Å². The molecule has 2 aromatic heterocycles. The Hall–Kier alpha value is -1.36. The van der Waals surface area contributed by atoms with Gasteiger partial charge in [0.05, 0.1) is 11.9 Å². The Bertz CT molecular complexity index is 337. The van der Waals surface area contributed by atoms with Gasteiger partial charge in [0.2, 0.25) is 0 Å². The van der Waals surface area contributed by atoms with E-state index in [1.165, 1.54) is 0 Å². The Kier molecular flexibility index (Phi) is 1.36. The molecule has 4 nitrogen and oxygen atoms in total. The summed E-state index contributed by atoms with van der Waals surface area (Å²) in [4.78, 5) is 10.8. The standard InChI is InChI=1S/C6H6N4S/c7-6-9-3-4(10-6)5-8-1-2-11-5/h1-3H,(H3,7,9,10). The second-order valence-electron chi connectivity index (χ2n) is 2.02. The molecular formula is C6H6N4S. The van der Waals surface area contributed by atoms with Gasteiger partial charge in [-0.05, 0) is 0 Å². The summed E-state index contributed by atoms with van der Waals surface area (Å²) in [5.74, 6) is 0.426. The molecule has 0 saturated carbocycles. The number of aromatic nitrogens is 3. The van der Waals surface area contributed by atoms with Gasteiger partial charge in [-0.3, -0.25) is 0 Å². The third kappa shape index (κ3) is 1.10. The van der Waals surface area contributed by atoms with E-state index >= 15 is 0 Å². The Morgan fingerprint density at radius 1 is 1.45 bits per heavy atom. The minimum atomic E-state index is 0.426. The number of aromatic amines is 1. The summed E-state index contributed by atoms with van der Waals surface area (Å²) in [6.07, 6.45) is 3.42. The van der Waals surface area contributed by atoms with Gasteiger partial charge in [0.1, 0.15) is 5.01 Å². The molecule has 2 aromatic rings. The lowest BCUT2D eigenvalue weighted by Crippen LogP contribution is -1.85. The van der Waals surface area contributed by atoms with Crippen molar-refractivity contribution in [1.29, 1.82) is 0 Å². The number of nitrogens with zero attached hydrogens (tertiary/aromatic N) is 2. The maximum atomic E-state index is 5.39. The lowest BCUT2D eigenvalue weighted by molar-refractivity contribution is 1.31. The molecular weight excluding hydrogens is 160 g/mol. The maximum absolute atomic E-state index is 5.39. The number of imidazole rings is 1. The predicted octanol–water partition coefficient (Wildman–Crippen LogP) is 1.12. The van der Waals surface area contributed by atoms with Gasteiger partial charge in [-0.1, -0.05) is 0 Å². The molecule has 0 radical (unpaired) electrons. The van der Waals surface area contributed by atoms with Crippen molar-refractivity contribution in [2.45, 2.75) is 0 Å². The Morgan fingerprint density at radius 2 is 2.36 bits per heavy atom. The molecule has 11 heavy (non-hydrogen) atoms. The van der Waals surface area contributed by atoms with Gasteiger partial charge in [-0.25, -0.2) is 9.97 Å². The molecule has 0 saturated heterocycles. The highest BCUT2D eigenvalue weighted by molar-refractivity contribution is 7.13. The molecule has 0 amide bonds. The van der Waals surface area contributed by atoms with Crippen molar-refractivity contribution in [3.05, 3.63) is 17.8 Å². The minimum Gasteiger partial charge on any atom is -0.369 e. The zero-order valence-electron chi connectivity index (χ0n) is 5.61. The molecule has 3 N–H and O–H groups in total. The van der Waals surface area contributed by atoms with Crippen LogP contribution in [-0.4, -0.2) is 15.0 Å². The van der Waals surface area contributed by atoms with Gasteiger partial charge in [-0.2, -0.15) is 0 Å². The molecule has 2 rings (SSSR count). The van der Waals surface area contributed by atoms with Gasteiger partial charge in [0, 0.05) is 11.6 Å². The van der Waals surface area contributed by atoms with E-state index in [1.807, 2.05) is 5.38 Å². The first-order valence-electron chi connectivity index (χ1n) is 3.06. The van der Waals surface area contributed by atoms with E-state index in [4.69, 9.17) is 5.73 Å². The van der Waals surface area contributed by atoms with Crippen molar-refractivity contribution in [3.63, 3.8) is 0 Å². The highest BCUT2D eigenvalue weighted by Gasteiger charge is 2.01. The number of nitrogen functional groups attached to an aromatic ring is 1. The second-order valence-corrected chi connectivity index (χ2v) is 2.91. The van der Waals surface area contributed by atoms with Crippen LogP contribution in [0.5, 0.6) is 0 Å². The van der Waals surface area contributed by atoms with E-state index in [1.54, 1.807) is 23.7 Å². The van der Waals surface area contributed by atoms with Crippen molar-refractivity contribution in [2.24, 2.45) is 0 Å². The van der Waals surface area contributed by atoms with Crippen molar-refractivity contribution >= 4 is 17.3 Å². The minimum absolute atomic E-state index is 0.426. The summed E-state index contributed by atoms with van der Waals surface area (Å²) < 4.78 is 0. The first-order valence-corrected chi connectivity index (χ1v) is 3.94. The number of rotatable bonds is 1. The summed E-state index contributed by atoms with van der Waals surface area (Å²) in [5, 5.41) is 2.82. The van der Waals surface area contributed by atoms with Crippen LogP contribution in [-0.2, 0) is 0 Å². The third-order valence-electron chi connectivity index (χ3n) is 1.26. The van der Waals surface area contributed by atoms with Crippen LogP contribution < -0.4 is 5.73 Å². The molecule has 0 aromatic carbocycles. The van der Waals surface area contributed by atoms with Crippen LogP contribution in [0.2, 0.25) is 0 Å². The van der Waals surface area contributed by atoms with E-state index in [2.05, 4.69) is 15.0 Å². The number of hydrogen-bond donors (Lipinski definition) is 2. The van der Waals surface area contributed by atoms with E-state index < -0.39 is 0 Å². The van der Waals surface area contributed by atoms with Crippen LogP contribution in [0.15, 0.2) is 17.8 Å². The van der Waals surface area contributed by atoms with Gasteiger partial charge in [-0.15, -0.1) is 11.3 Å². The van der Waals surface area contributed by atoms with E-state index in [0.29, 0.717) is 5.95 Å². The highest BCUT2D eigenvalue weighted by atomic mass is 32.1. The predicted molar refractivity (Wildman–Crippen MR) is 44.1 cm³/mol. The first kappa shape index (κ1) is 6.36. The van der Waals surface area contributed by atoms with Crippen LogP contribution in [0.3, 0.4) is 0 Å². The molecule has 0 aliphatic rings. The van der Waals surface area contributed by atoms with Crippen LogP contribution >= 0.6 is 11.3 Å². The normalized spacial score (nSPS) is 10.2. The zero-order chi connectivity index (χ0) is 7.68. The van der Waals surface area contributed by atoms with Crippen molar-refractivity contribution in [3.8, 4) is 10.7 Å². The number of nitrogens with two attached hydrogens (primary N) is 1. The number of anilines is 1. The quantitative estimate of drug-likeness (QED) is 0.667. The fourth-order valence-electron chi connectivity index (χ4n) is 0.802. The van der Waals surface area contributed by atoms with Crippen LogP contribution in [0.4, 0.5) is 5.95 Å². The number of thiazole rings is 1. The number of hydrogen-bond acceptors (Lipinski definition) is 4. The summed E-state index contributed by atoms with van der Waals surface area (Å²) in [6.45, 7) is 0. The number of H-pyrrole nitrogens is 1. The van der Waals surface area contributed by atoms with E-state index in [9.17, 15) is 0 Å². The average molecular weight is 166 g/mol. The molecule has 0 bridgehead atoms. The lowest BCUT2D eigenvalue weighted by atomic mass is 10.5. The molecule has 5 heteroatoms. The van der Waals surface area contributed by atoms with Crippen molar-refractivity contribution in [1.82, 2.24) is 15.0 Å². The highest BCUT2D eigenvalue weighted by Crippen LogP contribution is 2.19. The summed E-state index contributed by atoms with van der Waals surface area (Å²) >= 11 is 1.55. The Labute approximate surface area is 67.1 Å². The summed E-state index contributed by atoms with van der Waals surface area (Å²) in [5.41, 5.74) is 6.27. The van der Waals surface area contributed by atoms with Gasteiger partial charge in [0.25, 0.3) is 0 Å². The fourth-order valence-corrected chi connectivity index (χ4v) is 1.40. The molecule has 0 fully saturated rings. The summed E-state index contributed by atoms with van der Waals surface area (Å²) in [6, 6.07) is 0. The molecule has 0 aliphatic heterocycles. The van der Waals surface area contributed by atoms with E-state index in [-0.39, 0.29) is 0 Å². The monoisotopic (exact) mass is 166 g/mol. The van der Waals surface area contributed by atoms with Crippen LogP contribution in [0, 0.1) is 0 Å². The molecule has 56 valence electrons. The molecule has 0 aliphatic carbocycles. The van der Waals surface area contributed by atoms with E-state index in [0.717, 1.165) is 10.7 Å². The van der Waals surface area contributed by atoms with Crippen LogP contribution in [0.1, 0.15) is 0 Å². The topological polar surface area (TPSA) is 67.6 Å². The lowest BCUT2D eigenvalue weighted by Gasteiger charge is -1.85. The van der Waals surface area contributed by atoms with Gasteiger partial charge in [0.15, 0.2) is 5.95 Å². The van der Waals surface area contributed by atoms with Crippen LogP contribution in [0.25, 0.3) is 10.7 Å². The molecule has 2 heterocycles. The third-order valence-corrected chi connectivity index (χ3v) is 2.06. The number of nitrogens with one attached hydrogen (secondary N) is 1. The SMILES string of the molecule is Nc1ncc(-c2nccs2)[nH]1. The molecule has 0 spiro atoms. The first-order chi connectivity index (χ1) is 5.36. The fraction of sp³-hybridized carbons (Fsp3) is 0. The van der Waals surface area contributed by atoms with Crippen molar-refractivity contribution in [2.75, 3.05) is 5.73 Å². The average Bonchev–Trinajstić information content (AvgIpc) is 2.55. The molecule has 0 unspecified atom stereocenters. The van der Waals surface area contributed by atoms with Gasteiger partial charge >= 0.3 is 0 Å². The smallest absolute Gasteiger partial charge is 0.197 e. The Balaban J connectivity index is 2.45. The molecule has 0 atom stereocenters. The van der Waals surface area contributed by atoms with Gasteiger partial charge < -0.3 is 10.7 Å². The summed E-state index contributed by atoms with van der Waals surface area (Å²) in [7, 11) is 0. The zero-order valence-corrected chi connectivity index (χ0v) is 6.43. The second kappa shape index (κ2) is 2.35. The largest absolute Gasteiger partial charge is 0.369 e. The maximum Gasteiger partial charge on any atom is 0.197 e. The Morgan fingerprint density at radius 3 is 2.91 bits per heavy atom.